The molecule has 7 nitrogen and oxygen atoms in total. The molecule has 0 aliphatic carbocycles. The number of anilines is 1. The van der Waals surface area contributed by atoms with Crippen LogP contribution in [0.2, 0.25) is 0 Å². The minimum atomic E-state index is 0.221. The van der Waals surface area contributed by atoms with Gasteiger partial charge < -0.3 is 9.80 Å². The normalized spacial score (nSPS) is 12.7. The van der Waals surface area contributed by atoms with Crippen LogP contribution >= 0.6 is 0 Å². The van der Waals surface area contributed by atoms with Crippen molar-refractivity contribution >= 4 is 113 Å². The molecule has 1 aliphatic rings. The summed E-state index contributed by atoms with van der Waals surface area (Å²) in [4.78, 5) is 9.23. The molecule has 0 saturated heterocycles. The summed E-state index contributed by atoms with van der Waals surface area (Å²) in [7, 11) is 10.6. The summed E-state index contributed by atoms with van der Waals surface area (Å²) < 4.78 is 8.78. The topological polar surface area (TPSA) is 34.9 Å². The van der Waals surface area contributed by atoms with E-state index in [1.807, 2.05) is 6.33 Å². The van der Waals surface area contributed by atoms with Gasteiger partial charge in [-0.1, -0.05) is 250 Å². The van der Waals surface area contributed by atoms with E-state index in [0.29, 0.717) is 6.17 Å². The first kappa shape index (κ1) is 77.7. The predicted octanol–water partition coefficient (Wildman–Crippen LogP) is 25.6. The average Bonchev–Trinajstić information content (AvgIpc) is 0.950. The van der Waals surface area contributed by atoms with Crippen LogP contribution in [-0.4, -0.2) is 23.1 Å². The number of benzene rings is 15. The summed E-state index contributed by atoms with van der Waals surface area (Å²) >= 11 is 0. The molecule has 0 bridgehead atoms. The van der Waals surface area contributed by atoms with E-state index in [0.717, 1.165) is 12.1 Å². The van der Waals surface area contributed by atoms with E-state index in [-0.39, 0.29) is 5.41 Å². The van der Waals surface area contributed by atoms with E-state index in [4.69, 9.17) is 0 Å². The third kappa shape index (κ3) is 15.7. The highest BCUT2D eigenvalue weighted by atomic mass is 15.4. The second kappa shape index (κ2) is 32.6. The van der Waals surface area contributed by atoms with E-state index < -0.39 is 0 Å². The van der Waals surface area contributed by atoms with Gasteiger partial charge >= 0.3 is 0 Å². The van der Waals surface area contributed by atoms with Gasteiger partial charge in [-0.25, -0.2) is 18.3 Å². The smallest absolute Gasteiger partial charge is 0.286 e. The summed E-state index contributed by atoms with van der Waals surface area (Å²) in [5.74, 6) is 0. The summed E-state index contributed by atoms with van der Waals surface area (Å²) in [6.45, 7) is 24.3. The van der Waals surface area contributed by atoms with Crippen LogP contribution in [0.3, 0.4) is 0 Å². The van der Waals surface area contributed by atoms with Crippen molar-refractivity contribution in [3.8, 4) is 45.0 Å². The van der Waals surface area contributed by atoms with Gasteiger partial charge in [-0.2, -0.15) is 0 Å². The zero-order valence-corrected chi connectivity index (χ0v) is 70.6. The van der Waals surface area contributed by atoms with Gasteiger partial charge in [0, 0.05) is 95.2 Å². The largest absolute Gasteiger partial charge is 0.359 e. The molecule has 0 radical (unpaired) electrons. The Morgan fingerprint density at radius 2 is 0.744 bits per heavy atom. The van der Waals surface area contributed by atoms with Crippen LogP contribution in [0.1, 0.15) is 72.3 Å². The van der Waals surface area contributed by atoms with Gasteiger partial charge in [0.25, 0.3) is 6.33 Å². The lowest BCUT2D eigenvalue weighted by Crippen LogP contribution is -2.33. The van der Waals surface area contributed by atoms with E-state index in [1.165, 1.54) is 197 Å². The third-order valence-electron chi connectivity index (χ3n) is 23.7. The maximum atomic E-state index is 4.65. The summed E-state index contributed by atoms with van der Waals surface area (Å²) in [5, 5.41) is 26.2. The molecule has 1 atom stereocenters. The number of hydrogen-bond donors (Lipinski definition) is 0. The first-order valence-corrected chi connectivity index (χ1v) is 41.0. The molecular weight excluding hydrogens is 1420 g/mol. The van der Waals surface area contributed by atoms with Gasteiger partial charge in [0.2, 0.25) is 17.1 Å². The maximum absolute atomic E-state index is 4.65. The van der Waals surface area contributed by atoms with E-state index >= 15 is 0 Å². The molecule has 0 unspecified atom stereocenters. The van der Waals surface area contributed by atoms with E-state index in [9.17, 15) is 0 Å². The van der Waals surface area contributed by atoms with E-state index in [1.54, 1.807) is 0 Å². The molecule has 7 heteroatoms. The second-order valence-corrected chi connectivity index (χ2v) is 33.5. The highest BCUT2D eigenvalue weighted by molar-refractivity contribution is 6.17. The van der Waals surface area contributed by atoms with Crippen LogP contribution in [0.4, 0.5) is 5.69 Å². The van der Waals surface area contributed by atoms with Gasteiger partial charge in [-0.05, 0) is 216 Å². The number of fused-ring (bicyclic) bond motifs is 15. The lowest BCUT2D eigenvalue weighted by atomic mass is 9.89. The SMILES string of the molecule is Cc1cc2ccc3ccccc3c2cc1-c1cc(CC(C)(C)C)nc[n+]1C.Cc1cc2ccc3ccccc3c2cc1N1C=CN(C)[C@@H]1C.Cc1cc[n+](C)c(-c2c(C)ccc3ccc4ccccc4c23)c1.Cc1ccc(-c2c(C)ccc3ccc4ccccc4c23)[n+](C)c1.Cc1ccc2ccc3ccccc3c2c1-c1cccc[n+]1C. The minimum absolute atomic E-state index is 0.221. The van der Waals surface area contributed by atoms with Crippen LogP contribution in [0.25, 0.3) is 153 Å². The zero-order valence-electron chi connectivity index (χ0n) is 70.6. The molecular formula is C110H105N7+4. The summed E-state index contributed by atoms with van der Waals surface area (Å²) in [5.41, 5.74) is 22.0. The quantitative estimate of drug-likeness (QED) is 0.123. The maximum Gasteiger partial charge on any atom is 0.286 e. The Morgan fingerprint density at radius 1 is 0.325 bits per heavy atom. The highest BCUT2D eigenvalue weighted by Crippen LogP contribution is 2.41. The van der Waals surface area contributed by atoms with Crippen molar-refractivity contribution in [3.05, 3.63) is 373 Å². The Bertz CT molecular complexity index is 7100. The van der Waals surface area contributed by atoms with Gasteiger partial charge in [-0.15, -0.1) is 0 Å². The monoisotopic (exact) mass is 1520 g/mol. The molecule has 4 aromatic heterocycles. The Hall–Kier alpha value is -13.2. The molecule has 576 valence electrons. The Balaban J connectivity index is 0.000000110. The lowest BCUT2D eigenvalue weighted by molar-refractivity contribution is -0.663. The fourth-order valence-electron chi connectivity index (χ4n) is 17.5. The van der Waals surface area contributed by atoms with Gasteiger partial charge in [0.1, 0.15) is 33.0 Å². The highest BCUT2D eigenvalue weighted by Gasteiger charge is 2.26. The van der Waals surface area contributed by atoms with Crippen LogP contribution in [0.15, 0.2) is 329 Å². The molecule has 19 aromatic rings. The summed E-state index contributed by atoms with van der Waals surface area (Å²) in [6.07, 6.45) is 14.0. The van der Waals surface area contributed by atoms with Crippen molar-refractivity contribution in [2.24, 2.45) is 33.6 Å². The standard InChI is InChI=1S/C25H27N2.2C22H20N.C21H18N.C20H20N2/c1-17-12-19-11-10-18-8-6-7-9-21(18)23(19)14-22(17)24-13-20(15-25(2,3)4)26-16-27(24)5;1-15-8-13-20(23(3)14-15)21-16(2)9-10-18-12-11-17-6-4-5-7-19(17)22(18)21;1-15-12-13-23(3)20(14-15)21-16(2)8-9-18-11-10-17-6-4-5-7-19(17)22(18)21;1-15-10-11-17-13-12-16-7-3-4-8-18(16)21(17)20(15)19-9-5-6-14-22(19)2;1-14-12-17-9-8-16-6-4-5-7-18(16)19(17)13-20(14)22-11-10-21(3)15(22)2/h6-14,16H,15H2,1-5H3;2*4-14H,1-3H3;3-14H,1-2H3;4-13,15H,1-3H3/q4*+1;/t;;;;15-/m....0/s1. The lowest BCUT2D eigenvalue weighted by Gasteiger charge is -2.28. The van der Waals surface area contributed by atoms with E-state index in [2.05, 4.69) is 467 Å². The zero-order chi connectivity index (χ0) is 81.5. The number of pyridine rings is 3. The number of aromatic nitrogens is 5. The first-order chi connectivity index (χ1) is 56.5. The molecule has 0 N–H and O–H groups in total. The Labute approximate surface area is 689 Å². The third-order valence-corrected chi connectivity index (χ3v) is 23.7. The molecule has 20 rings (SSSR count). The molecule has 0 amide bonds. The van der Waals surface area contributed by atoms with Gasteiger partial charge in [0.05, 0.1) is 23.7 Å². The molecule has 0 fully saturated rings. The van der Waals surface area contributed by atoms with Crippen LogP contribution in [0.5, 0.6) is 0 Å². The fraction of sp³-hybridized carbons (Fsp3) is 0.173. The van der Waals surface area contributed by atoms with Crippen molar-refractivity contribution < 1.29 is 18.3 Å². The van der Waals surface area contributed by atoms with Crippen LogP contribution in [-0.2, 0) is 34.6 Å². The average molecular weight is 1530 g/mol. The molecule has 15 aromatic carbocycles. The number of nitrogens with zero attached hydrogens (tertiary/aromatic N) is 7. The molecule has 1 aliphatic heterocycles. The van der Waals surface area contributed by atoms with Crippen molar-refractivity contribution in [1.82, 2.24) is 9.88 Å². The van der Waals surface area contributed by atoms with Crippen molar-refractivity contribution in [2.75, 3.05) is 11.9 Å². The second-order valence-electron chi connectivity index (χ2n) is 33.5. The number of hydrogen-bond acceptors (Lipinski definition) is 3. The van der Waals surface area contributed by atoms with Crippen molar-refractivity contribution in [1.29, 1.82) is 0 Å². The van der Waals surface area contributed by atoms with Gasteiger partial charge in [0.15, 0.2) is 24.3 Å². The molecule has 5 heterocycles. The Kier molecular flexibility index (Phi) is 21.6. The predicted molar refractivity (Wildman–Crippen MR) is 497 cm³/mol. The number of rotatable bonds is 6. The van der Waals surface area contributed by atoms with Crippen LogP contribution in [0, 0.1) is 53.9 Å². The summed E-state index contributed by atoms with van der Waals surface area (Å²) in [6, 6.07) is 106. The molecule has 117 heavy (non-hydrogen) atoms. The van der Waals surface area contributed by atoms with Crippen LogP contribution < -0.4 is 23.2 Å². The van der Waals surface area contributed by atoms with Gasteiger partial charge in [-0.3, -0.25) is 0 Å². The fourth-order valence-corrected chi connectivity index (χ4v) is 17.5. The van der Waals surface area contributed by atoms with Crippen molar-refractivity contribution in [3.63, 3.8) is 0 Å². The first-order valence-electron chi connectivity index (χ1n) is 41.0. The molecule has 0 spiro atoms. The Morgan fingerprint density at radius 3 is 1.22 bits per heavy atom. The van der Waals surface area contributed by atoms with Crippen molar-refractivity contribution in [2.45, 2.75) is 88.7 Å². The minimum Gasteiger partial charge on any atom is -0.359 e. The number of aryl methyl sites for hydroxylation is 11. The molecule has 0 saturated carbocycles.